The molecule has 0 saturated carbocycles. The molecular weight excluding hydrogens is 460 g/mol. The van der Waals surface area contributed by atoms with Crippen LogP contribution in [0, 0.1) is 4.77 Å². The normalized spacial score (nSPS) is 10.9. The molecule has 0 atom stereocenters. The van der Waals surface area contributed by atoms with E-state index in [1.54, 1.807) is 39.0 Å². The molecule has 0 bridgehead atoms. The zero-order valence-electron chi connectivity index (χ0n) is 13.0. The van der Waals surface area contributed by atoms with Gasteiger partial charge < -0.3 is 5.32 Å². The van der Waals surface area contributed by atoms with Crippen molar-refractivity contribution in [2.45, 2.75) is 12.3 Å². The van der Waals surface area contributed by atoms with Crippen molar-refractivity contribution in [3.05, 3.63) is 43.1 Å². The lowest BCUT2D eigenvalue weighted by atomic mass is 10.4. The second-order valence-electron chi connectivity index (χ2n) is 5.02. The number of aromatic nitrogens is 3. The minimum atomic E-state index is -0.0604. The van der Waals surface area contributed by atoms with Gasteiger partial charge in [0.2, 0.25) is 5.91 Å². The highest BCUT2D eigenvalue weighted by Gasteiger charge is 2.12. The molecule has 0 aromatic carbocycles. The van der Waals surface area contributed by atoms with E-state index in [-0.39, 0.29) is 12.5 Å². The summed E-state index contributed by atoms with van der Waals surface area (Å²) in [5, 5.41) is 11.9. The van der Waals surface area contributed by atoms with Gasteiger partial charge >= 0.3 is 0 Å². The molecular formula is C15H15BrN4OS4. The summed E-state index contributed by atoms with van der Waals surface area (Å²) in [4.78, 5) is 14.5. The lowest BCUT2D eigenvalue weighted by Crippen LogP contribution is -2.29. The molecule has 0 aliphatic carbocycles. The van der Waals surface area contributed by atoms with Crippen LogP contribution in [0.15, 0.2) is 33.4 Å². The van der Waals surface area contributed by atoms with Gasteiger partial charge in [-0.3, -0.25) is 14.5 Å². The highest BCUT2D eigenvalue weighted by atomic mass is 79.9. The molecule has 3 heterocycles. The third-order valence-corrected chi connectivity index (χ3v) is 7.24. The number of carbonyl (C=O) groups excluding carboxylic acids is 1. The molecule has 2 N–H and O–H groups in total. The molecule has 25 heavy (non-hydrogen) atoms. The Labute approximate surface area is 171 Å². The number of halogens is 1. The number of aromatic amines is 1. The number of nitrogens with one attached hydrogen (secondary N) is 2. The van der Waals surface area contributed by atoms with Gasteiger partial charge in [0.15, 0.2) is 10.6 Å². The van der Waals surface area contributed by atoms with E-state index in [4.69, 9.17) is 12.2 Å². The molecule has 0 aliphatic heterocycles. The van der Waals surface area contributed by atoms with Crippen LogP contribution in [-0.2, 0) is 17.1 Å². The highest BCUT2D eigenvalue weighted by Crippen LogP contribution is 2.25. The van der Waals surface area contributed by atoms with Gasteiger partial charge in [-0.05, 0) is 51.7 Å². The number of rotatable bonds is 8. The summed E-state index contributed by atoms with van der Waals surface area (Å²) in [5.74, 6) is 2.47. The molecule has 0 aliphatic rings. The third kappa shape index (κ3) is 5.27. The van der Waals surface area contributed by atoms with Crippen molar-refractivity contribution < 1.29 is 4.79 Å². The minimum Gasteiger partial charge on any atom is -0.354 e. The molecule has 3 rings (SSSR count). The summed E-state index contributed by atoms with van der Waals surface area (Å²) in [5.41, 5.74) is 0. The van der Waals surface area contributed by atoms with Gasteiger partial charge in [0, 0.05) is 22.9 Å². The Balaban J connectivity index is 1.45. The van der Waals surface area contributed by atoms with Crippen molar-refractivity contribution in [1.82, 2.24) is 20.1 Å². The Bertz CT molecular complexity index is 884. The second kappa shape index (κ2) is 9.13. The van der Waals surface area contributed by atoms with Crippen molar-refractivity contribution >= 4 is 68.5 Å². The average Bonchev–Trinajstić information content (AvgIpc) is 3.31. The van der Waals surface area contributed by atoms with Gasteiger partial charge in [-0.15, -0.1) is 22.7 Å². The number of thiophene rings is 2. The number of H-pyrrole nitrogens is 1. The van der Waals surface area contributed by atoms with Crippen molar-refractivity contribution in [3.63, 3.8) is 0 Å². The molecule has 132 valence electrons. The van der Waals surface area contributed by atoms with Crippen LogP contribution in [0.25, 0.3) is 10.7 Å². The van der Waals surface area contributed by atoms with E-state index in [0.29, 0.717) is 17.1 Å². The monoisotopic (exact) mass is 474 g/mol. The minimum absolute atomic E-state index is 0.0604. The number of thioether (sulfide) groups is 1. The fourth-order valence-corrected chi connectivity index (χ4v) is 5.49. The van der Waals surface area contributed by atoms with Crippen LogP contribution in [0.1, 0.15) is 4.88 Å². The van der Waals surface area contributed by atoms with E-state index >= 15 is 0 Å². The third-order valence-electron chi connectivity index (χ3n) is 3.24. The number of carbonyl (C=O) groups is 1. The molecule has 0 radical (unpaired) electrons. The Kier molecular flexibility index (Phi) is 6.88. The molecule has 3 aromatic heterocycles. The van der Waals surface area contributed by atoms with Gasteiger partial charge in [0.05, 0.1) is 8.66 Å². The molecule has 3 aromatic rings. The van der Waals surface area contributed by atoms with Crippen LogP contribution in [0.4, 0.5) is 0 Å². The van der Waals surface area contributed by atoms with E-state index < -0.39 is 0 Å². The van der Waals surface area contributed by atoms with E-state index in [1.807, 2.05) is 17.5 Å². The number of hydrogen-bond acceptors (Lipinski definition) is 6. The summed E-state index contributed by atoms with van der Waals surface area (Å²) < 4.78 is 3.33. The second-order valence-corrected chi connectivity index (χ2v) is 10.0. The molecule has 1 amide bonds. The van der Waals surface area contributed by atoms with Crippen LogP contribution in [-0.4, -0.2) is 33.0 Å². The standard InChI is InChI=1S/C15H15BrN4OS4/c16-12-4-3-10(25-12)9-23-7-5-17-13(21)8-20-14(18-19-15(20)22)11-2-1-6-24-11/h1-4,6H,5,7-9H2,(H,17,21)(H,19,22). The Morgan fingerprint density at radius 2 is 2.32 bits per heavy atom. The summed E-state index contributed by atoms with van der Waals surface area (Å²) in [6.07, 6.45) is 0. The fourth-order valence-electron chi connectivity index (χ4n) is 2.12. The first-order valence-electron chi connectivity index (χ1n) is 7.41. The van der Waals surface area contributed by atoms with Gasteiger partial charge in [-0.1, -0.05) is 6.07 Å². The van der Waals surface area contributed by atoms with Crippen LogP contribution >= 0.6 is 62.6 Å². The van der Waals surface area contributed by atoms with Crippen molar-refractivity contribution in [2.75, 3.05) is 12.3 Å². The van der Waals surface area contributed by atoms with E-state index in [2.05, 4.69) is 43.6 Å². The first-order valence-corrected chi connectivity index (χ1v) is 11.5. The number of hydrogen-bond donors (Lipinski definition) is 2. The summed E-state index contributed by atoms with van der Waals surface area (Å²) in [6.45, 7) is 0.806. The Morgan fingerprint density at radius 1 is 1.44 bits per heavy atom. The molecule has 5 nitrogen and oxygen atoms in total. The molecule has 0 saturated heterocycles. The van der Waals surface area contributed by atoms with Crippen LogP contribution in [0.5, 0.6) is 0 Å². The number of amides is 1. The quantitative estimate of drug-likeness (QED) is 0.371. The zero-order valence-corrected chi connectivity index (χ0v) is 17.9. The molecule has 0 spiro atoms. The summed E-state index contributed by atoms with van der Waals surface area (Å²) in [7, 11) is 0. The first-order chi connectivity index (χ1) is 12.1. The predicted molar refractivity (Wildman–Crippen MR) is 112 cm³/mol. The fraction of sp³-hybridized carbons (Fsp3) is 0.267. The maximum atomic E-state index is 12.2. The predicted octanol–water partition coefficient (Wildman–Crippen LogP) is 4.54. The van der Waals surface area contributed by atoms with Crippen molar-refractivity contribution in [1.29, 1.82) is 0 Å². The molecule has 0 unspecified atom stereocenters. The van der Waals surface area contributed by atoms with Gasteiger partial charge in [0.1, 0.15) is 6.54 Å². The van der Waals surface area contributed by atoms with E-state index in [1.165, 1.54) is 4.88 Å². The largest absolute Gasteiger partial charge is 0.354 e. The highest BCUT2D eigenvalue weighted by molar-refractivity contribution is 9.11. The van der Waals surface area contributed by atoms with Gasteiger partial charge in [0.25, 0.3) is 0 Å². The van der Waals surface area contributed by atoms with Gasteiger partial charge in [-0.2, -0.15) is 16.9 Å². The van der Waals surface area contributed by atoms with Crippen LogP contribution < -0.4 is 5.32 Å². The van der Waals surface area contributed by atoms with Crippen LogP contribution in [0.3, 0.4) is 0 Å². The molecule has 0 fully saturated rings. The van der Waals surface area contributed by atoms with E-state index in [9.17, 15) is 4.79 Å². The van der Waals surface area contributed by atoms with Crippen molar-refractivity contribution in [3.8, 4) is 10.7 Å². The smallest absolute Gasteiger partial charge is 0.240 e. The van der Waals surface area contributed by atoms with Crippen LogP contribution in [0.2, 0.25) is 0 Å². The maximum Gasteiger partial charge on any atom is 0.240 e. The Hall–Kier alpha value is -0.940. The lowest BCUT2D eigenvalue weighted by molar-refractivity contribution is -0.121. The SMILES string of the molecule is O=C(Cn1c(-c2cccs2)n[nH]c1=S)NCCSCc1ccc(Br)s1. The lowest BCUT2D eigenvalue weighted by Gasteiger charge is -2.07. The molecule has 10 heteroatoms. The van der Waals surface area contributed by atoms with E-state index in [0.717, 1.165) is 20.2 Å². The first kappa shape index (κ1) is 18.8. The van der Waals surface area contributed by atoms with Gasteiger partial charge in [-0.25, -0.2) is 0 Å². The topological polar surface area (TPSA) is 62.7 Å². The van der Waals surface area contributed by atoms with Crippen molar-refractivity contribution in [2.24, 2.45) is 0 Å². The summed E-state index contributed by atoms with van der Waals surface area (Å²) in [6, 6.07) is 8.09. The maximum absolute atomic E-state index is 12.2. The average molecular weight is 475 g/mol. The number of nitrogens with zero attached hydrogens (tertiary/aromatic N) is 2. The Morgan fingerprint density at radius 3 is 3.04 bits per heavy atom. The zero-order chi connectivity index (χ0) is 17.6. The summed E-state index contributed by atoms with van der Waals surface area (Å²) >= 11 is 13.8.